The van der Waals surface area contributed by atoms with Crippen molar-refractivity contribution in [3.8, 4) is 0 Å². The van der Waals surface area contributed by atoms with Gasteiger partial charge in [0, 0.05) is 17.5 Å². The number of alkyl halides is 3. The molecule has 0 spiro atoms. The zero-order chi connectivity index (χ0) is 20.1. The fourth-order valence-electron chi connectivity index (χ4n) is 2.56. The monoisotopic (exact) mass is 448 g/mol. The van der Waals surface area contributed by atoms with Crippen LogP contribution in [0.1, 0.15) is 16.7 Å². The van der Waals surface area contributed by atoms with Gasteiger partial charge in [-0.15, -0.1) is 0 Å². The summed E-state index contributed by atoms with van der Waals surface area (Å²) < 4.78 is 0.315. The van der Waals surface area contributed by atoms with Crippen LogP contribution in [0, 0.1) is 13.8 Å². The Balaban J connectivity index is 2.15. The molecule has 2 nitrogen and oxygen atoms in total. The summed E-state index contributed by atoms with van der Waals surface area (Å²) in [7, 11) is 0. The van der Waals surface area contributed by atoms with Crippen LogP contribution >= 0.6 is 46.8 Å². The summed E-state index contributed by atoms with van der Waals surface area (Å²) in [5, 5.41) is 0. The minimum absolute atomic E-state index is 0.685. The molecule has 0 aliphatic heterocycles. The molecule has 3 aromatic rings. The van der Waals surface area contributed by atoms with Gasteiger partial charge in [0.25, 0.3) is 3.12 Å². The quantitative estimate of drug-likeness (QED) is 0.174. The first kappa shape index (κ1) is 21.1. The zero-order valence-corrected chi connectivity index (χ0v) is 18.5. The molecule has 28 heavy (non-hydrogen) atoms. The van der Waals surface area contributed by atoms with Gasteiger partial charge in [-0.1, -0.05) is 101 Å². The summed E-state index contributed by atoms with van der Waals surface area (Å²) in [6.45, 7) is 4.08. The minimum Gasteiger partial charge on any atom is -0.264 e. The Labute approximate surface area is 185 Å². The van der Waals surface area contributed by atoms with Crippen LogP contribution in [-0.4, -0.2) is 8.96 Å². The van der Waals surface area contributed by atoms with Crippen LogP contribution in [0.2, 0.25) is 0 Å². The van der Waals surface area contributed by atoms with Gasteiger partial charge in [-0.25, -0.2) is 4.99 Å². The normalized spacial score (nSPS) is 12.1. The highest BCUT2D eigenvalue weighted by molar-refractivity contribution is 8.06. The minimum atomic E-state index is -1.55. The Kier molecular flexibility index (Phi) is 6.95. The molecule has 0 bridgehead atoms. The fraction of sp³-hybridized carbons (Fsp3) is 0.136. The number of amidine groups is 1. The SMILES string of the molecule is Cc1ccc(N=C(c2ccccc2)N(SC(Cl)(Cl)Cl)c2ccc(C)cc2)cc1. The number of anilines is 1. The molecule has 0 saturated carbocycles. The van der Waals surface area contributed by atoms with Gasteiger partial charge in [0.15, 0.2) is 5.84 Å². The van der Waals surface area contributed by atoms with Crippen LogP contribution in [-0.2, 0) is 0 Å². The summed E-state index contributed by atoms with van der Waals surface area (Å²) in [4.78, 5) is 4.90. The van der Waals surface area contributed by atoms with Crippen molar-refractivity contribution in [2.24, 2.45) is 4.99 Å². The number of hydrogen-bond donors (Lipinski definition) is 0. The molecule has 0 fully saturated rings. The van der Waals surface area contributed by atoms with Crippen molar-refractivity contribution >= 4 is 64.0 Å². The lowest BCUT2D eigenvalue weighted by molar-refractivity contribution is 1.38. The van der Waals surface area contributed by atoms with E-state index in [0.29, 0.717) is 5.84 Å². The average Bonchev–Trinajstić information content (AvgIpc) is 2.67. The molecule has 0 N–H and O–H groups in total. The Morgan fingerprint density at radius 3 is 1.86 bits per heavy atom. The predicted molar refractivity (Wildman–Crippen MR) is 125 cm³/mol. The van der Waals surface area contributed by atoms with Crippen LogP contribution in [0.25, 0.3) is 0 Å². The molecule has 0 amide bonds. The number of benzene rings is 3. The number of hydrogen-bond acceptors (Lipinski definition) is 2. The number of aryl methyl sites for hydroxylation is 2. The molecular formula is C22H19Cl3N2S. The van der Waals surface area contributed by atoms with E-state index in [1.807, 2.05) is 97.0 Å². The van der Waals surface area contributed by atoms with Gasteiger partial charge in [0.05, 0.1) is 11.4 Å². The van der Waals surface area contributed by atoms with E-state index in [0.717, 1.165) is 34.4 Å². The first-order valence-corrected chi connectivity index (χ1v) is 10.6. The molecule has 3 rings (SSSR count). The summed E-state index contributed by atoms with van der Waals surface area (Å²) in [6, 6.07) is 25.9. The average molecular weight is 450 g/mol. The molecule has 0 atom stereocenters. The first-order valence-electron chi connectivity index (χ1n) is 8.65. The van der Waals surface area contributed by atoms with Gasteiger partial charge in [-0.2, -0.15) is 0 Å². The van der Waals surface area contributed by atoms with Gasteiger partial charge >= 0.3 is 0 Å². The maximum atomic E-state index is 6.16. The lowest BCUT2D eigenvalue weighted by atomic mass is 10.1. The van der Waals surface area contributed by atoms with E-state index in [-0.39, 0.29) is 0 Å². The van der Waals surface area contributed by atoms with Crippen LogP contribution in [0.4, 0.5) is 11.4 Å². The number of halogens is 3. The van der Waals surface area contributed by atoms with Crippen LogP contribution in [0.15, 0.2) is 83.9 Å². The molecular weight excluding hydrogens is 431 g/mol. The van der Waals surface area contributed by atoms with E-state index in [1.165, 1.54) is 5.56 Å². The third-order valence-corrected chi connectivity index (χ3v) is 5.35. The van der Waals surface area contributed by atoms with E-state index in [4.69, 9.17) is 39.8 Å². The van der Waals surface area contributed by atoms with E-state index in [9.17, 15) is 0 Å². The number of aliphatic imine (C=N–C) groups is 1. The second-order valence-electron chi connectivity index (χ2n) is 6.30. The molecule has 0 saturated heterocycles. The van der Waals surface area contributed by atoms with Crippen molar-refractivity contribution in [3.63, 3.8) is 0 Å². The molecule has 0 heterocycles. The molecule has 144 valence electrons. The van der Waals surface area contributed by atoms with Gasteiger partial charge in [0.1, 0.15) is 0 Å². The highest BCUT2D eigenvalue weighted by Gasteiger charge is 2.29. The van der Waals surface area contributed by atoms with Gasteiger partial charge in [0.2, 0.25) is 0 Å². The highest BCUT2D eigenvalue weighted by atomic mass is 35.6. The number of nitrogens with zero attached hydrogens (tertiary/aromatic N) is 2. The molecule has 0 aliphatic rings. The molecule has 0 unspecified atom stereocenters. The molecule has 0 aliphatic carbocycles. The first-order chi connectivity index (χ1) is 13.3. The maximum absolute atomic E-state index is 6.16. The Morgan fingerprint density at radius 1 is 0.786 bits per heavy atom. The van der Waals surface area contributed by atoms with Crippen LogP contribution < -0.4 is 4.31 Å². The fourth-order valence-corrected chi connectivity index (χ4v) is 3.85. The third-order valence-electron chi connectivity index (χ3n) is 3.96. The van der Waals surface area contributed by atoms with Crippen molar-refractivity contribution < 1.29 is 0 Å². The van der Waals surface area contributed by atoms with E-state index >= 15 is 0 Å². The molecule has 6 heteroatoms. The topological polar surface area (TPSA) is 15.6 Å². The van der Waals surface area contributed by atoms with Crippen LogP contribution in [0.3, 0.4) is 0 Å². The second kappa shape index (κ2) is 9.23. The van der Waals surface area contributed by atoms with E-state index in [1.54, 1.807) is 0 Å². The van der Waals surface area contributed by atoms with Crippen molar-refractivity contribution in [3.05, 3.63) is 95.6 Å². The largest absolute Gasteiger partial charge is 0.264 e. The number of rotatable bonds is 4. The van der Waals surface area contributed by atoms with Gasteiger partial charge in [-0.3, -0.25) is 4.31 Å². The maximum Gasteiger partial charge on any atom is 0.256 e. The van der Waals surface area contributed by atoms with Crippen molar-refractivity contribution in [2.45, 2.75) is 17.0 Å². The molecule has 0 radical (unpaired) electrons. The van der Waals surface area contributed by atoms with E-state index < -0.39 is 3.12 Å². The summed E-state index contributed by atoms with van der Waals surface area (Å²) in [6.07, 6.45) is 0. The third kappa shape index (κ3) is 5.92. The van der Waals surface area contributed by atoms with Gasteiger partial charge in [-0.05, 0) is 38.1 Å². The smallest absolute Gasteiger partial charge is 0.256 e. The molecule has 3 aromatic carbocycles. The lowest BCUT2D eigenvalue weighted by Crippen LogP contribution is -2.27. The summed E-state index contributed by atoms with van der Waals surface area (Å²) in [5.41, 5.74) is 4.94. The van der Waals surface area contributed by atoms with Crippen molar-refractivity contribution in [1.82, 2.24) is 0 Å². The Hall–Kier alpha value is -1.65. The molecule has 0 aromatic heterocycles. The van der Waals surface area contributed by atoms with E-state index in [2.05, 4.69) is 0 Å². The summed E-state index contributed by atoms with van der Waals surface area (Å²) >= 11 is 19.6. The highest BCUT2D eigenvalue weighted by Crippen LogP contribution is 2.44. The Bertz CT molecular complexity index is 934. The lowest BCUT2D eigenvalue weighted by Gasteiger charge is -2.28. The Morgan fingerprint density at radius 2 is 1.32 bits per heavy atom. The second-order valence-corrected chi connectivity index (χ2v) is 10.4. The van der Waals surface area contributed by atoms with Crippen molar-refractivity contribution in [1.29, 1.82) is 0 Å². The van der Waals surface area contributed by atoms with Crippen molar-refractivity contribution in [2.75, 3.05) is 4.31 Å². The predicted octanol–water partition coefficient (Wildman–Crippen LogP) is 7.86. The summed E-state index contributed by atoms with van der Waals surface area (Å²) in [5.74, 6) is 0.685. The van der Waals surface area contributed by atoms with Gasteiger partial charge < -0.3 is 0 Å². The standard InChI is InChI=1S/C22H19Cl3N2S/c1-16-8-12-19(13-9-16)26-21(18-6-4-3-5-7-18)27(28-22(23,24)25)20-14-10-17(2)11-15-20/h3-15H,1-2H3. The zero-order valence-electron chi connectivity index (χ0n) is 15.4. The van der Waals surface area contributed by atoms with Crippen LogP contribution in [0.5, 0.6) is 0 Å².